The van der Waals surface area contributed by atoms with Crippen molar-refractivity contribution in [2.75, 3.05) is 7.11 Å². The van der Waals surface area contributed by atoms with Gasteiger partial charge < -0.3 is 9.84 Å². The Kier molecular flexibility index (Phi) is 5.23. The molecule has 0 aliphatic rings. The van der Waals surface area contributed by atoms with Crippen LogP contribution in [0.2, 0.25) is 0 Å². The minimum atomic E-state index is -0.343. The number of ether oxygens (including phenoxy) is 1. The number of hydrogen-bond acceptors (Lipinski definition) is 7. The van der Waals surface area contributed by atoms with Gasteiger partial charge in [-0.25, -0.2) is 10.4 Å². The molecule has 7 nitrogen and oxygen atoms in total. The van der Waals surface area contributed by atoms with E-state index < -0.39 is 0 Å². The molecular formula is C18H16N4O3S. The molecular weight excluding hydrogens is 352 g/mol. The maximum absolute atomic E-state index is 12.3. The number of thiazole rings is 1. The number of methoxy groups -OCH3 is 1. The topological polar surface area (TPSA) is 96.7 Å². The summed E-state index contributed by atoms with van der Waals surface area (Å²) in [5, 5.41) is 14.4. The van der Waals surface area contributed by atoms with Crippen LogP contribution in [0.4, 0.5) is 0 Å². The number of nitrogens with one attached hydrogen (secondary N) is 1. The van der Waals surface area contributed by atoms with Crippen LogP contribution in [0, 0.1) is 6.92 Å². The average Bonchev–Trinajstić information content (AvgIpc) is 3.04. The summed E-state index contributed by atoms with van der Waals surface area (Å²) in [6.45, 7) is 1.77. The monoisotopic (exact) mass is 368 g/mol. The van der Waals surface area contributed by atoms with Gasteiger partial charge in [-0.15, -0.1) is 11.3 Å². The fraction of sp³-hybridized carbons (Fsp3) is 0.111. The normalized spacial score (nSPS) is 10.8. The number of benzene rings is 1. The first-order valence-corrected chi connectivity index (χ1v) is 8.48. The van der Waals surface area contributed by atoms with Gasteiger partial charge in [0.25, 0.3) is 5.91 Å². The number of nitrogens with zero attached hydrogens (tertiary/aromatic N) is 3. The van der Waals surface area contributed by atoms with Gasteiger partial charge in [0.2, 0.25) is 0 Å². The number of aromatic nitrogens is 2. The maximum atomic E-state index is 12.3. The van der Waals surface area contributed by atoms with Crippen LogP contribution in [0.15, 0.2) is 47.8 Å². The standard InChI is InChI=1S/C18H16N4O3S/c1-11-16(26-18(21-11)13-4-3-7-19-10-13)17(24)22-20-9-12-5-6-15(25-2)14(23)8-12/h3-10,23H,1-2H3,(H,22,24)/b20-9-. The van der Waals surface area contributed by atoms with Gasteiger partial charge >= 0.3 is 0 Å². The first-order chi connectivity index (χ1) is 12.6. The van der Waals surface area contributed by atoms with E-state index >= 15 is 0 Å². The smallest absolute Gasteiger partial charge is 0.283 e. The molecule has 0 saturated carbocycles. The molecule has 3 rings (SSSR count). The van der Waals surface area contributed by atoms with Gasteiger partial charge in [-0.05, 0) is 42.8 Å². The zero-order chi connectivity index (χ0) is 18.5. The molecule has 0 aliphatic carbocycles. The lowest BCUT2D eigenvalue weighted by Gasteiger charge is -2.03. The predicted molar refractivity (Wildman–Crippen MR) is 99.8 cm³/mol. The van der Waals surface area contributed by atoms with Crippen molar-refractivity contribution in [1.29, 1.82) is 0 Å². The summed E-state index contributed by atoms with van der Waals surface area (Å²) in [4.78, 5) is 21.3. The molecule has 2 aromatic heterocycles. The van der Waals surface area contributed by atoms with Crippen molar-refractivity contribution in [2.24, 2.45) is 5.10 Å². The first-order valence-electron chi connectivity index (χ1n) is 7.66. The third kappa shape index (κ3) is 3.86. The minimum absolute atomic E-state index is 0.00203. The van der Waals surface area contributed by atoms with Crippen LogP contribution in [0.5, 0.6) is 11.5 Å². The highest BCUT2D eigenvalue weighted by Gasteiger charge is 2.15. The summed E-state index contributed by atoms with van der Waals surface area (Å²) in [5.41, 5.74) is 4.59. The van der Waals surface area contributed by atoms with Gasteiger partial charge in [-0.2, -0.15) is 5.10 Å². The van der Waals surface area contributed by atoms with Gasteiger partial charge in [0.1, 0.15) is 9.88 Å². The Morgan fingerprint density at radius 2 is 2.23 bits per heavy atom. The SMILES string of the molecule is COc1ccc(/C=N\NC(=O)c2sc(-c3cccnc3)nc2C)cc1O. The van der Waals surface area contributed by atoms with Crippen LogP contribution >= 0.6 is 11.3 Å². The molecule has 1 aromatic carbocycles. The number of amides is 1. The summed E-state index contributed by atoms with van der Waals surface area (Å²) in [5.74, 6) is 0.0284. The summed E-state index contributed by atoms with van der Waals surface area (Å²) in [7, 11) is 1.47. The fourth-order valence-corrected chi connectivity index (χ4v) is 3.17. The molecule has 8 heteroatoms. The molecule has 0 bridgehead atoms. The Morgan fingerprint density at radius 3 is 2.92 bits per heavy atom. The van der Waals surface area contributed by atoms with Gasteiger partial charge in [-0.1, -0.05) is 0 Å². The van der Waals surface area contributed by atoms with Crippen LogP contribution < -0.4 is 10.2 Å². The van der Waals surface area contributed by atoms with Gasteiger partial charge in [0.05, 0.1) is 19.0 Å². The van der Waals surface area contributed by atoms with Gasteiger partial charge in [0.15, 0.2) is 11.5 Å². The van der Waals surface area contributed by atoms with E-state index in [2.05, 4.69) is 20.5 Å². The molecule has 0 atom stereocenters. The van der Waals surface area contributed by atoms with Crippen molar-refractivity contribution < 1.29 is 14.6 Å². The Bertz CT molecular complexity index is 954. The fourth-order valence-electron chi connectivity index (χ4n) is 2.22. The zero-order valence-corrected chi connectivity index (χ0v) is 14.9. The molecule has 0 unspecified atom stereocenters. The molecule has 132 valence electrons. The summed E-state index contributed by atoms with van der Waals surface area (Å²) >= 11 is 1.28. The van der Waals surface area contributed by atoms with Gasteiger partial charge in [0, 0.05) is 18.0 Å². The number of phenolic OH excluding ortho intramolecular Hbond substituents is 1. The minimum Gasteiger partial charge on any atom is -0.504 e. The Morgan fingerprint density at radius 1 is 1.38 bits per heavy atom. The lowest BCUT2D eigenvalue weighted by atomic mass is 10.2. The molecule has 3 aromatic rings. The predicted octanol–water partition coefficient (Wildman–Crippen LogP) is 2.99. The second-order valence-electron chi connectivity index (χ2n) is 5.31. The average molecular weight is 368 g/mol. The van der Waals surface area contributed by atoms with E-state index in [-0.39, 0.29) is 11.7 Å². The second-order valence-corrected chi connectivity index (χ2v) is 6.30. The van der Waals surface area contributed by atoms with Crippen molar-refractivity contribution in [3.05, 3.63) is 58.9 Å². The Labute approximate surface area is 154 Å². The number of phenols is 1. The molecule has 0 saturated heterocycles. The van der Waals surface area contributed by atoms with Crippen molar-refractivity contribution in [3.8, 4) is 22.1 Å². The number of carbonyl (C=O) groups is 1. The van der Waals surface area contributed by atoms with Crippen molar-refractivity contribution in [2.45, 2.75) is 6.92 Å². The molecule has 0 fully saturated rings. The van der Waals surface area contributed by atoms with Gasteiger partial charge in [-0.3, -0.25) is 9.78 Å². The molecule has 1 amide bonds. The molecule has 2 N–H and O–H groups in total. The number of rotatable bonds is 5. The highest BCUT2D eigenvalue weighted by Crippen LogP contribution is 2.27. The van der Waals surface area contributed by atoms with Crippen molar-refractivity contribution in [1.82, 2.24) is 15.4 Å². The van der Waals surface area contributed by atoms with Crippen LogP contribution in [-0.4, -0.2) is 34.3 Å². The van der Waals surface area contributed by atoms with Crippen molar-refractivity contribution in [3.63, 3.8) is 0 Å². The van der Waals surface area contributed by atoms with E-state index in [0.717, 1.165) is 10.6 Å². The number of carbonyl (C=O) groups excluding carboxylic acids is 1. The summed E-state index contributed by atoms with van der Waals surface area (Å²) in [6, 6.07) is 8.53. The zero-order valence-electron chi connectivity index (χ0n) is 14.1. The largest absolute Gasteiger partial charge is 0.504 e. The number of aromatic hydroxyl groups is 1. The van der Waals surface area contributed by atoms with E-state index in [1.54, 1.807) is 31.5 Å². The molecule has 0 radical (unpaired) electrons. The first kappa shape index (κ1) is 17.6. The van der Waals surface area contributed by atoms with Crippen LogP contribution in [0.1, 0.15) is 20.9 Å². The van der Waals surface area contributed by atoms with E-state index in [4.69, 9.17) is 4.74 Å². The van der Waals surface area contributed by atoms with E-state index in [1.807, 2.05) is 12.1 Å². The highest BCUT2D eigenvalue weighted by molar-refractivity contribution is 7.17. The number of aryl methyl sites for hydroxylation is 1. The Hall–Kier alpha value is -3.26. The quantitative estimate of drug-likeness (QED) is 0.533. The number of hydrazone groups is 1. The van der Waals surface area contributed by atoms with Crippen LogP contribution in [-0.2, 0) is 0 Å². The van der Waals surface area contributed by atoms with E-state index in [1.165, 1.54) is 30.7 Å². The van der Waals surface area contributed by atoms with Crippen molar-refractivity contribution >= 4 is 23.5 Å². The lowest BCUT2D eigenvalue weighted by molar-refractivity contribution is 0.0958. The molecule has 0 spiro atoms. The Balaban J connectivity index is 1.70. The number of hydrogen-bond donors (Lipinski definition) is 2. The third-order valence-corrected chi connectivity index (χ3v) is 4.70. The van der Waals surface area contributed by atoms with E-state index in [9.17, 15) is 9.90 Å². The van der Waals surface area contributed by atoms with Crippen LogP contribution in [0.25, 0.3) is 10.6 Å². The summed E-state index contributed by atoms with van der Waals surface area (Å²) < 4.78 is 4.98. The maximum Gasteiger partial charge on any atom is 0.283 e. The molecule has 26 heavy (non-hydrogen) atoms. The van der Waals surface area contributed by atoms with Crippen LogP contribution in [0.3, 0.4) is 0 Å². The molecule has 2 heterocycles. The van der Waals surface area contributed by atoms with E-state index in [0.29, 0.717) is 21.9 Å². The second kappa shape index (κ2) is 7.75. The number of pyridine rings is 1. The summed E-state index contributed by atoms with van der Waals surface area (Å²) in [6.07, 6.45) is 4.83. The third-order valence-electron chi connectivity index (χ3n) is 3.49. The highest BCUT2D eigenvalue weighted by atomic mass is 32.1. The molecule has 0 aliphatic heterocycles. The lowest BCUT2D eigenvalue weighted by Crippen LogP contribution is -2.17.